The molecule has 0 aliphatic carbocycles. The highest BCUT2D eigenvalue weighted by molar-refractivity contribution is 7.89. The smallest absolute Gasteiger partial charge is 0.350 e. The number of sulfonamides is 1. The molecule has 0 spiro atoms. The molecule has 78 valence electrons. The Labute approximate surface area is 74.9 Å². The van der Waals surface area contributed by atoms with Gasteiger partial charge >= 0.3 is 5.76 Å². The Morgan fingerprint density at radius 3 is 2.38 bits per heavy atom. The van der Waals surface area contributed by atoms with Gasteiger partial charge in [-0.1, -0.05) is 0 Å². The number of alkyl halides is 2. The molecule has 0 aromatic carbocycles. The van der Waals surface area contributed by atoms with Gasteiger partial charge in [-0.05, 0) is 6.92 Å². The predicted molar refractivity (Wildman–Crippen MR) is 44.1 cm³/mol. The summed E-state index contributed by atoms with van der Waals surface area (Å²) in [5, 5.41) is 6.80. The number of nitrogens with one attached hydrogen (secondary N) is 2. The maximum absolute atomic E-state index is 11.8. The Balaban J connectivity index is 4.21. The van der Waals surface area contributed by atoms with E-state index in [0.29, 0.717) is 0 Å². The fourth-order valence-electron chi connectivity index (χ4n) is 0.703. The third kappa shape index (κ3) is 4.73. The zero-order valence-electron chi connectivity index (χ0n) is 6.92. The summed E-state index contributed by atoms with van der Waals surface area (Å²) < 4.78 is 46.3. The van der Waals surface area contributed by atoms with Crippen molar-refractivity contribution in [3.63, 3.8) is 0 Å². The van der Waals surface area contributed by atoms with Gasteiger partial charge in [-0.2, -0.15) is 8.78 Å². The maximum Gasteiger partial charge on any atom is 0.350 e. The molecule has 0 fully saturated rings. The van der Waals surface area contributed by atoms with Crippen LogP contribution >= 0.6 is 0 Å². The first-order valence-corrected chi connectivity index (χ1v) is 4.92. The first-order chi connectivity index (χ1) is 5.75. The van der Waals surface area contributed by atoms with Gasteiger partial charge in [0.05, 0.1) is 5.84 Å². The lowest BCUT2D eigenvalue weighted by atomic mass is 10.2. The number of hydrogen-bond donors (Lipinski definition) is 3. The largest absolute Gasteiger partial charge is 0.388 e. The van der Waals surface area contributed by atoms with Gasteiger partial charge < -0.3 is 5.73 Å². The number of amidine groups is 1. The van der Waals surface area contributed by atoms with Crippen LogP contribution in [0.25, 0.3) is 0 Å². The normalized spacial score (nSPS) is 14.5. The van der Waals surface area contributed by atoms with Crippen molar-refractivity contribution < 1.29 is 17.2 Å². The molecule has 0 saturated carbocycles. The van der Waals surface area contributed by atoms with Crippen LogP contribution < -0.4 is 10.5 Å². The molecule has 13 heavy (non-hydrogen) atoms. The number of halogens is 2. The van der Waals surface area contributed by atoms with Crippen molar-refractivity contribution in [2.24, 2.45) is 5.73 Å². The highest BCUT2D eigenvalue weighted by Crippen LogP contribution is 2.04. The fourth-order valence-corrected chi connectivity index (χ4v) is 1.45. The first-order valence-electron chi connectivity index (χ1n) is 3.38. The van der Waals surface area contributed by atoms with Crippen LogP contribution in [0.15, 0.2) is 0 Å². The Morgan fingerprint density at radius 1 is 1.62 bits per heavy atom. The summed E-state index contributed by atoms with van der Waals surface area (Å²) in [6.07, 6.45) is -0.0913. The molecule has 1 unspecified atom stereocenters. The van der Waals surface area contributed by atoms with Crippen LogP contribution in [0.5, 0.6) is 0 Å². The molecular formula is C5H11F2N3O2S. The van der Waals surface area contributed by atoms with Crippen molar-refractivity contribution in [1.29, 1.82) is 5.41 Å². The third-order valence-electron chi connectivity index (χ3n) is 1.13. The molecule has 5 nitrogen and oxygen atoms in total. The number of rotatable bonds is 5. The van der Waals surface area contributed by atoms with E-state index in [1.54, 1.807) is 4.72 Å². The lowest BCUT2D eigenvalue weighted by Crippen LogP contribution is -2.38. The number of hydrogen-bond acceptors (Lipinski definition) is 3. The molecular weight excluding hydrogens is 204 g/mol. The van der Waals surface area contributed by atoms with Crippen LogP contribution in [-0.4, -0.2) is 26.1 Å². The molecule has 0 amide bonds. The summed E-state index contributed by atoms with van der Waals surface area (Å²) in [5.74, 6) is -3.72. The lowest BCUT2D eigenvalue weighted by Gasteiger charge is -2.12. The molecule has 0 radical (unpaired) electrons. The maximum atomic E-state index is 11.8. The van der Waals surface area contributed by atoms with Gasteiger partial charge in [0, 0.05) is 12.5 Å². The quantitative estimate of drug-likeness (QED) is 0.439. The molecule has 0 aliphatic rings. The van der Waals surface area contributed by atoms with Gasteiger partial charge in [0.2, 0.25) is 0 Å². The topological polar surface area (TPSA) is 96.0 Å². The standard InChI is InChI=1S/C5H11F2N3O2S/c1-3(2-4(8)9)10-13(11,12)5(6)7/h3,5,10H,2H2,1H3,(H3,8,9). The van der Waals surface area contributed by atoms with E-state index in [1.165, 1.54) is 6.92 Å². The lowest BCUT2D eigenvalue weighted by molar-refractivity contribution is 0.231. The van der Waals surface area contributed by atoms with E-state index in [-0.39, 0.29) is 12.3 Å². The second kappa shape index (κ2) is 4.47. The SMILES string of the molecule is CC(CC(=N)N)NS(=O)(=O)C(F)F. The minimum absolute atomic E-state index is 0.0913. The van der Waals surface area contributed by atoms with Crippen LogP contribution in [0.2, 0.25) is 0 Å². The Hall–Kier alpha value is -0.760. The molecule has 8 heteroatoms. The van der Waals surface area contributed by atoms with E-state index in [0.717, 1.165) is 0 Å². The van der Waals surface area contributed by atoms with E-state index in [9.17, 15) is 17.2 Å². The zero-order chi connectivity index (χ0) is 10.6. The molecule has 0 bridgehead atoms. The summed E-state index contributed by atoms with van der Waals surface area (Å²) in [6, 6.07) is -0.795. The molecule has 1 atom stereocenters. The van der Waals surface area contributed by atoms with Gasteiger partial charge in [-0.25, -0.2) is 13.1 Å². The van der Waals surface area contributed by atoms with Crippen LogP contribution in [0.1, 0.15) is 13.3 Å². The Kier molecular flexibility index (Phi) is 4.21. The van der Waals surface area contributed by atoms with Gasteiger partial charge in [0.1, 0.15) is 0 Å². The van der Waals surface area contributed by atoms with Crippen molar-refractivity contribution in [1.82, 2.24) is 4.72 Å². The van der Waals surface area contributed by atoms with E-state index < -0.39 is 21.8 Å². The van der Waals surface area contributed by atoms with E-state index in [4.69, 9.17) is 11.1 Å². The highest BCUT2D eigenvalue weighted by Gasteiger charge is 2.25. The van der Waals surface area contributed by atoms with Gasteiger partial charge in [-0.3, -0.25) is 5.41 Å². The molecule has 0 rings (SSSR count). The summed E-state index contributed by atoms with van der Waals surface area (Å²) in [7, 11) is -4.58. The van der Waals surface area contributed by atoms with Crippen LogP contribution in [0.3, 0.4) is 0 Å². The summed E-state index contributed by atoms with van der Waals surface area (Å²) in [4.78, 5) is 0. The molecule has 0 aromatic heterocycles. The second-order valence-corrected chi connectivity index (χ2v) is 4.24. The third-order valence-corrected chi connectivity index (χ3v) is 2.33. The van der Waals surface area contributed by atoms with E-state index >= 15 is 0 Å². The zero-order valence-corrected chi connectivity index (χ0v) is 7.74. The Bertz CT molecular complexity index is 278. The van der Waals surface area contributed by atoms with E-state index in [2.05, 4.69) is 0 Å². The van der Waals surface area contributed by atoms with Gasteiger partial charge in [0.15, 0.2) is 0 Å². The summed E-state index contributed by atoms with van der Waals surface area (Å²) >= 11 is 0. The first kappa shape index (κ1) is 12.2. The van der Waals surface area contributed by atoms with Gasteiger partial charge in [0.25, 0.3) is 10.0 Å². The van der Waals surface area contributed by atoms with E-state index in [1.807, 2.05) is 0 Å². The van der Waals surface area contributed by atoms with Gasteiger partial charge in [-0.15, -0.1) is 0 Å². The molecule has 0 saturated heterocycles. The van der Waals surface area contributed by atoms with Crippen molar-refractivity contribution in [2.45, 2.75) is 25.1 Å². The molecule has 0 aromatic rings. The Morgan fingerprint density at radius 2 is 2.08 bits per heavy atom. The minimum atomic E-state index is -4.58. The highest BCUT2D eigenvalue weighted by atomic mass is 32.2. The average Bonchev–Trinajstić information content (AvgIpc) is 1.82. The van der Waals surface area contributed by atoms with Crippen molar-refractivity contribution in [3.8, 4) is 0 Å². The number of nitrogens with two attached hydrogens (primary N) is 1. The minimum Gasteiger partial charge on any atom is -0.388 e. The van der Waals surface area contributed by atoms with Crippen molar-refractivity contribution >= 4 is 15.9 Å². The predicted octanol–water partition coefficient (Wildman–Crippen LogP) is -0.157. The van der Waals surface area contributed by atoms with Crippen LogP contribution in [0, 0.1) is 5.41 Å². The van der Waals surface area contributed by atoms with Crippen molar-refractivity contribution in [3.05, 3.63) is 0 Å². The van der Waals surface area contributed by atoms with Crippen LogP contribution in [-0.2, 0) is 10.0 Å². The monoisotopic (exact) mass is 215 g/mol. The van der Waals surface area contributed by atoms with Crippen LogP contribution in [0.4, 0.5) is 8.78 Å². The summed E-state index contributed by atoms with van der Waals surface area (Å²) in [6.45, 7) is 1.35. The average molecular weight is 215 g/mol. The fraction of sp³-hybridized carbons (Fsp3) is 0.800. The summed E-state index contributed by atoms with van der Waals surface area (Å²) in [5.41, 5.74) is 4.95. The second-order valence-electron chi connectivity index (χ2n) is 2.55. The molecule has 0 heterocycles. The molecule has 4 N–H and O–H groups in total. The van der Waals surface area contributed by atoms with Crippen molar-refractivity contribution in [2.75, 3.05) is 0 Å². The molecule has 0 aliphatic heterocycles.